The van der Waals surface area contributed by atoms with Crippen LogP contribution in [0, 0.1) is 13.8 Å². The van der Waals surface area contributed by atoms with Gasteiger partial charge < -0.3 is 4.40 Å². The Bertz CT molecular complexity index is 949. The molecule has 0 saturated heterocycles. The molecule has 0 fully saturated rings. The number of aromatic nitrogens is 3. The smallest absolute Gasteiger partial charge is 0.148 e. The Balaban J connectivity index is 2.17. The van der Waals surface area contributed by atoms with Crippen molar-refractivity contribution in [3.63, 3.8) is 0 Å². The van der Waals surface area contributed by atoms with Crippen molar-refractivity contribution in [1.29, 1.82) is 0 Å². The molecule has 102 valence electrons. The van der Waals surface area contributed by atoms with Crippen LogP contribution in [0.2, 0.25) is 0 Å². The molecule has 0 N–H and O–H groups in total. The number of fused-ring (bicyclic) bond motifs is 3. The summed E-state index contributed by atoms with van der Waals surface area (Å²) in [6.45, 7) is 4.03. The molecule has 0 aliphatic carbocycles. The maximum Gasteiger partial charge on any atom is 0.148 e. The maximum atomic E-state index is 4.62. The van der Waals surface area contributed by atoms with Crippen LogP contribution >= 0.6 is 0 Å². The van der Waals surface area contributed by atoms with Gasteiger partial charge in [-0.15, -0.1) is 0 Å². The minimum atomic E-state index is 0.793. The monoisotopic (exact) mass is 273 g/mol. The van der Waals surface area contributed by atoms with Gasteiger partial charge in [-0.25, -0.2) is 9.97 Å². The molecule has 0 amide bonds. The number of hydrogen-bond acceptors (Lipinski definition) is 2. The van der Waals surface area contributed by atoms with E-state index in [-0.39, 0.29) is 0 Å². The van der Waals surface area contributed by atoms with Crippen molar-refractivity contribution in [1.82, 2.24) is 14.4 Å². The molecule has 0 bridgehead atoms. The fourth-order valence-corrected chi connectivity index (χ4v) is 2.81. The highest BCUT2D eigenvalue weighted by atomic mass is 15.0. The number of aryl methyl sites for hydroxylation is 2. The maximum absolute atomic E-state index is 4.62. The highest BCUT2D eigenvalue weighted by Gasteiger charge is 2.14. The van der Waals surface area contributed by atoms with Crippen LogP contribution in [-0.4, -0.2) is 14.4 Å². The standard InChI is InChI=1S/C18H15N3/c1-12-6-8-14(9-7-12)17-15-11-19-13(2)20-18(15)21-10-4-3-5-16(17)21/h3-11H,1-2H3. The molecule has 3 aromatic heterocycles. The van der Waals surface area contributed by atoms with Crippen molar-refractivity contribution >= 4 is 16.6 Å². The summed E-state index contributed by atoms with van der Waals surface area (Å²) in [5.74, 6) is 0.793. The van der Waals surface area contributed by atoms with E-state index in [1.165, 1.54) is 16.7 Å². The molecule has 21 heavy (non-hydrogen) atoms. The average molecular weight is 273 g/mol. The molecule has 3 heteroatoms. The first kappa shape index (κ1) is 12.1. The third-order valence-electron chi connectivity index (χ3n) is 3.84. The predicted molar refractivity (Wildman–Crippen MR) is 85.4 cm³/mol. The van der Waals surface area contributed by atoms with Crippen molar-refractivity contribution in [2.24, 2.45) is 0 Å². The van der Waals surface area contributed by atoms with E-state index >= 15 is 0 Å². The molecule has 3 nitrogen and oxygen atoms in total. The molecule has 0 saturated carbocycles. The number of rotatable bonds is 1. The van der Waals surface area contributed by atoms with Gasteiger partial charge in [-0.05, 0) is 31.5 Å². The molecule has 0 aliphatic heterocycles. The summed E-state index contributed by atoms with van der Waals surface area (Å²) in [6.07, 6.45) is 3.99. The first-order valence-electron chi connectivity index (χ1n) is 7.03. The Morgan fingerprint density at radius 3 is 2.57 bits per heavy atom. The molecule has 0 radical (unpaired) electrons. The van der Waals surface area contributed by atoms with Crippen molar-refractivity contribution in [3.8, 4) is 11.1 Å². The van der Waals surface area contributed by atoms with Gasteiger partial charge in [0.25, 0.3) is 0 Å². The fraction of sp³-hybridized carbons (Fsp3) is 0.111. The van der Waals surface area contributed by atoms with Crippen LogP contribution < -0.4 is 0 Å². The number of benzene rings is 1. The van der Waals surface area contributed by atoms with Crippen LogP contribution in [0.5, 0.6) is 0 Å². The van der Waals surface area contributed by atoms with Crippen molar-refractivity contribution in [2.45, 2.75) is 13.8 Å². The van der Waals surface area contributed by atoms with Crippen LogP contribution in [0.3, 0.4) is 0 Å². The topological polar surface area (TPSA) is 30.2 Å². The molecule has 0 spiro atoms. The molecule has 0 aliphatic rings. The van der Waals surface area contributed by atoms with Crippen molar-refractivity contribution < 1.29 is 0 Å². The third kappa shape index (κ3) is 1.82. The van der Waals surface area contributed by atoms with Crippen LogP contribution in [0.1, 0.15) is 11.4 Å². The summed E-state index contributed by atoms with van der Waals surface area (Å²) >= 11 is 0. The number of hydrogen-bond donors (Lipinski definition) is 0. The number of nitrogens with zero attached hydrogens (tertiary/aromatic N) is 3. The van der Waals surface area contributed by atoms with E-state index in [0.29, 0.717) is 0 Å². The summed E-state index contributed by atoms with van der Waals surface area (Å²) in [5.41, 5.74) is 5.79. The average Bonchev–Trinajstić information content (AvgIpc) is 2.82. The normalized spacial score (nSPS) is 11.3. The van der Waals surface area contributed by atoms with E-state index in [2.05, 4.69) is 63.9 Å². The summed E-state index contributed by atoms with van der Waals surface area (Å²) in [4.78, 5) is 9.00. The van der Waals surface area contributed by atoms with E-state index in [1.54, 1.807) is 0 Å². The first-order chi connectivity index (χ1) is 10.2. The van der Waals surface area contributed by atoms with Gasteiger partial charge in [-0.1, -0.05) is 35.9 Å². The van der Waals surface area contributed by atoms with Crippen LogP contribution in [-0.2, 0) is 0 Å². The zero-order valence-corrected chi connectivity index (χ0v) is 12.0. The lowest BCUT2D eigenvalue weighted by Gasteiger charge is -2.02. The van der Waals surface area contributed by atoms with E-state index in [1.807, 2.05) is 19.2 Å². The SMILES string of the molecule is Cc1ccc(-c2c3cnc(C)nc3n3ccccc23)cc1. The summed E-state index contributed by atoms with van der Waals surface area (Å²) < 4.78 is 2.14. The van der Waals surface area contributed by atoms with Gasteiger partial charge in [-0.3, -0.25) is 0 Å². The second kappa shape index (κ2) is 4.42. The Kier molecular flexibility index (Phi) is 2.54. The van der Waals surface area contributed by atoms with Crippen LogP contribution in [0.4, 0.5) is 0 Å². The van der Waals surface area contributed by atoms with Crippen molar-refractivity contribution in [2.75, 3.05) is 0 Å². The Labute approximate surface area is 122 Å². The molecule has 0 atom stereocenters. The van der Waals surface area contributed by atoms with Gasteiger partial charge in [0.15, 0.2) is 0 Å². The number of pyridine rings is 1. The highest BCUT2D eigenvalue weighted by Crippen LogP contribution is 2.34. The minimum absolute atomic E-state index is 0.793. The van der Waals surface area contributed by atoms with Gasteiger partial charge in [0.05, 0.1) is 5.52 Å². The molecule has 1 aromatic carbocycles. The molecule has 4 rings (SSSR count). The van der Waals surface area contributed by atoms with E-state index < -0.39 is 0 Å². The fourth-order valence-electron chi connectivity index (χ4n) is 2.81. The molecular weight excluding hydrogens is 258 g/mol. The summed E-state index contributed by atoms with van der Waals surface area (Å²) in [6, 6.07) is 14.8. The minimum Gasteiger partial charge on any atom is -0.301 e. The Morgan fingerprint density at radius 1 is 0.952 bits per heavy atom. The second-order valence-electron chi connectivity index (χ2n) is 5.35. The van der Waals surface area contributed by atoms with Crippen LogP contribution in [0.25, 0.3) is 27.7 Å². The van der Waals surface area contributed by atoms with E-state index in [9.17, 15) is 0 Å². The zero-order valence-electron chi connectivity index (χ0n) is 12.0. The second-order valence-corrected chi connectivity index (χ2v) is 5.35. The lowest BCUT2D eigenvalue weighted by molar-refractivity contribution is 1.06. The van der Waals surface area contributed by atoms with Gasteiger partial charge >= 0.3 is 0 Å². The molecular formula is C18H15N3. The van der Waals surface area contributed by atoms with E-state index in [4.69, 9.17) is 0 Å². The van der Waals surface area contributed by atoms with Crippen LogP contribution in [0.15, 0.2) is 54.9 Å². The Hall–Kier alpha value is -2.68. The van der Waals surface area contributed by atoms with Gasteiger partial charge in [0.1, 0.15) is 11.5 Å². The highest BCUT2D eigenvalue weighted by molar-refractivity contribution is 6.03. The third-order valence-corrected chi connectivity index (χ3v) is 3.84. The molecule has 0 unspecified atom stereocenters. The molecule has 4 aromatic rings. The quantitative estimate of drug-likeness (QED) is 0.521. The zero-order chi connectivity index (χ0) is 14.4. The largest absolute Gasteiger partial charge is 0.301 e. The predicted octanol–water partition coefficient (Wildman–Crippen LogP) is 4.17. The summed E-state index contributed by atoms with van der Waals surface area (Å²) in [7, 11) is 0. The summed E-state index contributed by atoms with van der Waals surface area (Å²) in [5, 5.41) is 1.09. The molecule has 3 heterocycles. The Morgan fingerprint density at radius 2 is 1.76 bits per heavy atom. The lowest BCUT2D eigenvalue weighted by atomic mass is 10.0. The first-order valence-corrected chi connectivity index (χ1v) is 7.03. The lowest BCUT2D eigenvalue weighted by Crippen LogP contribution is -1.89. The van der Waals surface area contributed by atoms with Gasteiger partial charge in [-0.2, -0.15) is 0 Å². The van der Waals surface area contributed by atoms with Gasteiger partial charge in [0, 0.05) is 23.3 Å². The van der Waals surface area contributed by atoms with Gasteiger partial charge in [0.2, 0.25) is 0 Å². The van der Waals surface area contributed by atoms with E-state index in [0.717, 1.165) is 22.4 Å². The van der Waals surface area contributed by atoms with Crippen molar-refractivity contribution in [3.05, 3.63) is 66.2 Å².